The largest absolute Gasteiger partial charge is 0.320 e. The van der Waals surface area contributed by atoms with E-state index >= 15 is 0 Å². The SMILES string of the molecule is C1CCNC1.CNCCCN1CCC(F)CC1.O=Cc1ccc2c(c1)sc1nc(-c3ccccc3F)cn12. The van der Waals surface area contributed by atoms with E-state index in [1.54, 1.807) is 24.3 Å². The van der Waals surface area contributed by atoms with Crippen LogP contribution >= 0.6 is 11.3 Å². The molecule has 2 aliphatic heterocycles. The van der Waals surface area contributed by atoms with Gasteiger partial charge >= 0.3 is 0 Å². The first-order chi connectivity index (χ1) is 18.6. The van der Waals surface area contributed by atoms with E-state index < -0.39 is 6.17 Å². The van der Waals surface area contributed by atoms with Crippen LogP contribution in [0.15, 0.2) is 48.7 Å². The Morgan fingerprint density at radius 1 is 1.16 bits per heavy atom. The summed E-state index contributed by atoms with van der Waals surface area (Å²) in [5.74, 6) is -0.282. The third-order valence-corrected chi connectivity index (χ3v) is 7.80. The van der Waals surface area contributed by atoms with Gasteiger partial charge in [-0.2, -0.15) is 0 Å². The Morgan fingerprint density at radius 2 is 1.92 bits per heavy atom. The number of hydrogen-bond donors (Lipinski definition) is 2. The standard InChI is InChI=1S/C16H9FN2OS.C9H19FN2.C4H9N/c17-12-4-2-1-3-11(12)13-8-19-14-6-5-10(9-20)7-15(14)21-16(19)18-13;1-11-5-2-6-12-7-3-9(10)4-8-12;1-2-4-5-3-1/h1-9H;9,11H,2-8H2,1H3;5H,1-4H2. The number of alkyl halides is 1. The molecule has 2 aliphatic rings. The molecule has 4 aromatic rings. The molecule has 204 valence electrons. The van der Waals surface area contributed by atoms with Gasteiger partial charge in [0, 0.05) is 30.4 Å². The lowest BCUT2D eigenvalue weighted by Crippen LogP contribution is -2.35. The molecule has 2 aromatic carbocycles. The quantitative estimate of drug-likeness (QED) is 0.247. The minimum Gasteiger partial charge on any atom is -0.320 e. The lowest BCUT2D eigenvalue weighted by atomic mass is 10.1. The Hall–Kier alpha value is -2.72. The molecule has 0 aliphatic carbocycles. The zero-order valence-corrected chi connectivity index (χ0v) is 22.8. The molecular formula is C29H37F2N5OS. The van der Waals surface area contributed by atoms with Crippen molar-refractivity contribution in [3.05, 3.63) is 60.0 Å². The van der Waals surface area contributed by atoms with Crippen LogP contribution in [-0.4, -0.2) is 73.1 Å². The van der Waals surface area contributed by atoms with Crippen molar-refractivity contribution in [1.29, 1.82) is 0 Å². The number of halogens is 2. The van der Waals surface area contributed by atoms with Gasteiger partial charge in [0.2, 0.25) is 0 Å². The number of aromatic nitrogens is 2. The van der Waals surface area contributed by atoms with Crippen molar-refractivity contribution in [1.82, 2.24) is 24.9 Å². The molecule has 0 saturated carbocycles. The maximum atomic E-state index is 13.8. The molecule has 0 radical (unpaired) electrons. The van der Waals surface area contributed by atoms with E-state index in [9.17, 15) is 13.6 Å². The van der Waals surface area contributed by atoms with Crippen molar-refractivity contribution in [2.45, 2.75) is 38.3 Å². The third kappa shape index (κ3) is 7.66. The van der Waals surface area contributed by atoms with Crippen molar-refractivity contribution in [2.75, 3.05) is 46.3 Å². The lowest BCUT2D eigenvalue weighted by Gasteiger charge is -2.28. The average molecular weight is 542 g/mol. The summed E-state index contributed by atoms with van der Waals surface area (Å²) in [6.07, 6.45) is 7.54. The monoisotopic (exact) mass is 541 g/mol. The van der Waals surface area contributed by atoms with E-state index in [1.165, 1.54) is 49.8 Å². The van der Waals surface area contributed by atoms with E-state index in [-0.39, 0.29) is 5.82 Å². The zero-order valence-electron chi connectivity index (χ0n) is 22.0. The molecule has 0 bridgehead atoms. The van der Waals surface area contributed by atoms with Gasteiger partial charge in [-0.05, 0) is 95.7 Å². The normalized spacial score (nSPS) is 16.2. The Bertz CT molecular complexity index is 1290. The average Bonchev–Trinajstić information content (AvgIpc) is 3.70. The molecule has 0 unspecified atom stereocenters. The highest BCUT2D eigenvalue weighted by Crippen LogP contribution is 2.30. The van der Waals surface area contributed by atoms with Crippen LogP contribution in [0.3, 0.4) is 0 Å². The molecule has 2 fully saturated rings. The van der Waals surface area contributed by atoms with E-state index in [0.717, 1.165) is 60.5 Å². The molecular weight excluding hydrogens is 504 g/mol. The molecule has 2 aromatic heterocycles. The topological polar surface area (TPSA) is 61.7 Å². The minimum absolute atomic E-state index is 0.282. The Kier molecular flexibility index (Phi) is 10.7. The van der Waals surface area contributed by atoms with Crippen LogP contribution in [0, 0.1) is 5.82 Å². The second-order valence-electron chi connectivity index (χ2n) is 9.64. The summed E-state index contributed by atoms with van der Waals surface area (Å²) in [6, 6.07) is 12.1. The number of carbonyl (C=O) groups is 1. The molecule has 2 saturated heterocycles. The fourth-order valence-corrected chi connectivity index (χ4v) is 5.68. The summed E-state index contributed by atoms with van der Waals surface area (Å²) in [5.41, 5.74) is 2.71. The number of likely N-dealkylation sites (tertiary alicyclic amines) is 1. The van der Waals surface area contributed by atoms with E-state index in [2.05, 4.69) is 20.5 Å². The first kappa shape index (κ1) is 28.3. The molecule has 2 N–H and O–H groups in total. The highest BCUT2D eigenvalue weighted by atomic mass is 32.1. The van der Waals surface area contributed by atoms with Crippen LogP contribution in [0.4, 0.5) is 8.78 Å². The third-order valence-electron chi connectivity index (χ3n) is 6.78. The first-order valence-corrected chi connectivity index (χ1v) is 14.2. The maximum absolute atomic E-state index is 13.8. The van der Waals surface area contributed by atoms with Gasteiger partial charge in [0.05, 0.1) is 15.9 Å². The maximum Gasteiger partial charge on any atom is 0.195 e. The van der Waals surface area contributed by atoms with Crippen molar-refractivity contribution < 1.29 is 13.6 Å². The summed E-state index contributed by atoms with van der Waals surface area (Å²) in [5, 5.41) is 6.34. The van der Waals surface area contributed by atoms with Crippen LogP contribution in [0.5, 0.6) is 0 Å². The first-order valence-electron chi connectivity index (χ1n) is 13.4. The van der Waals surface area contributed by atoms with Crippen LogP contribution in [0.1, 0.15) is 42.5 Å². The van der Waals surface area contributed by atoms with E-state index in [1.807, 2.05) is 29.8 Å². The highest BCUT2D eigenvalue weighted by Gasteiger charge is 2.17. The van der Waals surface area contributed by atoms with Crippen molar-refractivity contribution in [3.63, 3.8) is 0 Å². The smallest absolute Gasteiger partial charge is 0.195 e. The van der Waals surface area contributed by atoms with Crippen LogP contribution in [-0.2, 0) is 0 Å². The molecule has 6 nitrogen and oxygen atoms in total. The van der Waals surface area contributed by atoms with Crippen molar-refractivity contribution in [3.8, 4) is 11.3 Å². The van der Waals surface area contributed by atoms with Crippen LogP contribution < -0.4 is 10.6 Å². The van der Waals surface area contributed by atoms with Gasteiger partial charge in [0.1, 0.15) is 18.3 Å². The molecule has 38 heavy (non-hydrogen) atoms. The number of carbonyl (C=O) groups excluding carboxylic acids is 1. The molecule has 0 spiro atoms. The van der Waals surface area contributed by atoms with E-state index in [0.29, 0.717) is 16.8 Å². The summed E-state index contributed by atoms with van der Waals surface area (Å²) < 4.78 is 29.5. The molecule has 6 rings (SSSR count). The summed E-state index contributed by atoms with van der Waals surface area (Å²) in [7, 11) is 1.97. The molecule has 0 amide bonds. The van der Waals surface area contributed by atoms with Gasteiger partial charge in [0.25, 0.3) is 0 Å². The number of aldehydes is 1. The predicted molar refractivity (Wildman–Crippen MR) is 153 cm³/mol. The fourth-order valence-electron chi connectivity index (χ4n) is 4.62. The Labute approximate surface area is 227 Å². The minimum atomic E-state index is -0.537. The number of rotatable bonds is 6. The number of fused-ring (bicyclic) bond motifs is 3. The molecule has 9 heteroatoms. The van der Waals surface area contributed by atoms with Crippen molar-refractivity contribution in [2.24, 2.45) is 0 Å². The van der Waals surface area contributed by atoms with Crippen LogP contribution in [0.2, 0.25) is 0 Å². The number of hydrogen-bond acceptors (Lipinski definition) is 6. The number of imidazole rings is 1. The van der Waals surface area contributed by atoms with Gasteiger partial charge in [-0.1, -0.05) is 23.5 Å². The van der Waals surface area contributed by atoms with Crippen LogP contribution in [0.25, 0.3) is 26.4 Å². The second-order valence-corrected chi connectivity index (χ2v) is 10.6. The highest BCUT2D eigenvalue weighted by molar-refractivity contribution is 7.23. The zero-order chi connectivity index (χ0) is 26.7. The van der Waals surface area contributed by atoms with E-state index in [4.69, 9.17) is 0 Å². The number of nitrogens with zero attached hydrogens (tertiary/aromatic N) is 3. The Balaban J connectivity index is 0.000000166. The van der Waals surface area contributed by atoms with Gasteiger partial charge in [-0.25, -0.2) is 13.8 Å². The Morgan fingerprint density at radius 3 is 2.58 bits per heavy atom. The lowest BCUT2D eigenvalue weighted by molar-refractivity contribution is 0.112. The van der Waals surface area contributed by atoms with Gasteiger partial charge in [-0.15, -0.1) is 0 Å². The second kappa shape index (κ2) is 14.4. The van der Waals surface area contributed by atoms with Crippen molar-refractivity contribution >= 4 is 32.8 Å². The van der Waals surface area contributed by atoms with Gasteiger partial charge < -0.3 is 15.5 Å². The number of thiazole rings is 1. The van der Waals surface area contributed by atoms with Gasteiger partial charge in [-0.3, -0.25) is 9.20 Å². The van der Waals surface area contributed by atoms with Gasteiger partial charge in [0.15, 0.2) is 4.96 Å². The number of benzene rings is 2. The number of nitrogens with one attached hydrogen (secondary N) is 2. The summed E-state index contributed by atoms with van der Waals surface area (Å²) >= 11 is 1.48. The fraction of sp³-hybridized carbons (Fsp3) is 0.448. The molecule has 0 atom stereocenters. The molecule has 4 heterocycles. The summed E-state index contributed by atoms with van der Waals surface area (Å²) in [6.45, 7) is 6.58. The predicted octanol–water partition coefficient (Wildman–Crippen LogP) is 5.57. The number of piperidine rings is 1. The summed E-state index contributed by atoms with van der Waals surface area (Å²) in [4.78, 5) is 18.4.